The van der Waals surface area contributed by atoms with E-state index in [-0.39, 0.29) is 11.9 Å². The number of hydrogen-bond acceptors (Lipinski definition) is 2. The number of nitrogens with one attached hydrogen (secondary N) is 1. The van der Waals surface area contributed by atoms with Gasteiger partial charge in [-0.2, -0.15) is 0 Å². The molecule has 1 unspecified atom stereocenters. The molecule has 0 amide bonds. The van der Waals surface area contributed by atoms with Crippen molar-refractivity contribution in [2.45, 2.75) is 31.7 Å². The van der Waals surface area contributed by atoms with Crippen molar-refractivity contribution in [1.82, 2.24) is 5.32 Å². The van der Waals surface area contributed by atoms with Crippen LogP contribution >= 0.6 is 0 Å². The Morgan fingerprint density at radius 1 is 1.31 bits per heavy atom. The van der Waals surface area contributed by atoms with Crippen LogP contribution < -0.4 is 5.32 Å². The SMILES string of the molecule is CNC(C=O)CCCCc1ccc(F)cc1. The first-order chi connectivity index (χ1) is 7.76. The van der Waals surface area contributed by atoms with Crippen LogP contribution in [0.2, 0.25) is 0 Å². The molecule has 0 aliphatic heterocycles. The third kappa shape index (κ3) is 4.53. The Morgan fingerprint density at radius 2 is 2.00 bits per heavy atom. The zero-order chi connectivity index (χ0) is 11.8. The molecule has 1 atom stereocenters. The fraction of sp³-hybridized carbons (Fsp3) is 0.462. The summed E-state index contributed by atoms with van der Waals surface area (Å²) in [6, 6.07) is 6.55. The minimum absolute atomic E-state index is 0.0341. The van der Waals surface area contributed by atoms with Gasteiger partial charge >= 0.3 is 0 Å². The summed E-state index contributed by atoms with van der Waals surface area (Å²) in [5.74, 6) is -0.194. The van der Waals surface area contributed by atoms with Crippen molar-refractivity contribution < 1.29 is 9.18 Å². The topological polar surface area (TPSA) is 29.1 Å². The van der Waals surface area contributed by atoms with Gasteiger partial charge in [-0.25, -0.2) is 4.39 Å². The van der Waals surface area contributed by atoms with E-state index in [9.17, 15) is 9.18 Å². The molecule has 0 radical (unpaired) electrons. The van der Waals surface area contributed by atoms with Gasteiger partial charge in [0.15, 0.2) is 0 Å². The smallest absolute Gasteiger partial charge is 0.136 e. The first-order valence-electron chi connectivity index (χ1n) is 5.63. The maximum absolute atomic E-state index is 12.6. The van der Waals surface area contributed by atoms with Gasteiger partial charge in [0.25, 0.3) is 0 Å². The molecule has 16 heavy (non-hydrogen) atoms. The number of halogens is 1. The Balaban J connectivity index is 2.20. The molecule has 1 aromatic rings. The van der Waals surface area contributed by atoms with Crippen LogP contribution in [-0.4, -0.2) is 19.4 Å². The second kappa shape index (κ2) is 7.12. The second-order valence-electron chi connectivity index (χ2n) is 3.90. The highest BCUT2D eigenvalue weighted by molar-refractivity contribution is 5.57. The molecule has 88 valence electrons. The summed E-state index contributed by atoms with van der Waals surface area (Å²) < 4.78 is 12.6. The maximum atomic E-state index is 12.6. The van der Waals surface area contributed by atoms with Crippen molar-refractivity contribution >= 4 is 6.29 Å². The van der Waals surface area contributed by atoms with Crippen LogP contribution in [0.5, 0.6) is 0 Å². The molecule has 0 aliphatic rings. The van der Waals surface area contributed by atoms with Crippen LogP contribution in [-0.2, 0) is 11.2 Å². The molecular weight excluding hydrogens is 205 g/mol. The average molecular weight is 223 g/mol. The largest absolute Gasteiger partial charge is 0.311 e. The average Bonchev–Trinajstić information content (AvgIpc) is 2.32. The predicted molar refractivity (Wildman–Crippen MR) is 62.9 cm³/mol. The highest BCUT2D eigenvalue weighted by Gasteiger charge is 2.02. The number of likely N-dealkylation sites (N-methyl/N-ethyl adjacent to an activating group) is 1. The van der Waals surface area contributed by atoms with Gasteiger partial charge in [-0.15, -0.1) is 0 Å². The highest BCUT2D eigenvalue weighted by atomic mass is 19.1. The fourth-order valence-electron chi connectivity index (χ4n) is 1.62. The number of carbonyl (C=O) groups is 1. The second-order valence-corrected chi connectivity index (χ2v) is 3.90. The summed E-state index contributed by atoms with van der Waals surface area (Å²) in [6.07, 6.45) is 4.77. The van der Waals surface area contributed by atoms with Crippen LogP contribution in [0, 0.1) is 5.82 Å². The van der Waals surface area contributed by atoms with Crippen LogP contribution in [0.25, 0.3) is 0 Å². The predicted octanol–water partition coefficient (Wildman–Crippen LogP) is 2.33. The first kappa shape index (κ1) is 12.8. The Hall–Kier alpha value is -1.22. The van der Waals surface area contributed by atoms with Crippen molar-refractivity contribution in [3.63, 3.8) is 0 Å². The summed E-state index contributed by atoms with van der Waals surface area (Å²) in [7, 11) is 1.79. The number of unbranched alkanes of at least 4 members (excludes halogenated alkanes) is 1. The number of hydrogen-bond donors (Lipinski definition) is 1. The van der Waals surface area contributed by atoms with E-state index in [1.807, 2.05) is 12.1 Å². The zero-order valence-corrected chi connectivity index (χ0v) is 9.58. The number of benzene rings is 1. The first-order valence-corrected chi connectivity index (χ1v) is 5.63. The highest BCUT2D eigenvalue weighted by Crippen LogP contribution is 2.08. The van der Waals surface area contributed by atoms with E-state index >= 15 is 0 Å². The van der Waals surface area contributed by atoms with Gasteiger partial charge in [-0.3, -0.25) is 0 Å². The Kier molecular flexibility index (Phi) is 5.72. The Bertz CT molecular complexity index is 310. The lowest BCUT2D eigenvalue weighted by molar-refractivity contribution is -0.109. The molecule has 2 nitrogen and oxygen atoms in total. The molecule has 3 heteroatoms. The van der Waals surface area contributed by atoms with E-state index in [1.54, 1.807) is 7.05 Å². The van der Waals surface area contributed by atoms with Gasteiger partial charge in [0.2, 0.25) is 0 Å². The van der Waals surface area contributed by atoms with E-state index < -0.39 is 0 Å². The number of carbonyl (C=O) groups excluding carboxylic acids is 1. The number of aldehydes is 1. The van der Waals surface area contributed by atoms with E-state index in [1.165, 1.54) is 12.1 Å². The van der Waals surface area contributed by atoms with Gasteiger partial charge in [0.05, 0.1) is 6.04 Å². The fourth-order valence-corrected chi connectivity index (χ4v) is 1.62. The van der Waals surface area contributed by atoms with E-state index in [4.69, 9.17) is 0 Å². The maximum Gasteiger partial charge on any atom is 0.136 e. The van der Waals surface area contributed by atoms with Crippen molar-refractivity contribution in [3.05, 3.63) is 35.6 Å². The van der Waals surface area contributed by atoms with Gasteiger partial charge in [-0.1, -0.05) is 18.6 Å². The van der Waals surface area contributed by atoms with Crippen LogP contribution in [0.4, 0.5) is 4.39 Å². The lowest BCUT2D eigenvalue weighted by atomic mass is 10.0. The van der Waals surface area contributed by atoms with Crippen LogP contribution in [0.1, 0.15) is 24.8 Å². The molecule has 0 heterocycles. The molecule has 0 aliphatic carbocycles. The minimum atomic E-state index is -0.194. The summed E-state index contributed by atoms with van der Waals surface area (Å²) in [6.45, 7) is 0. The Labute approximate surface area is 95.9 Å². The molecule has 0 saturated carbocycles. The lowest BCUT2D eigenvalue weighted by Crippen LogP contribution is -2.26. The van der Waals surface area contributed by atoms with Crippen LogP contribution in [0.15, 0.2) is 24.3 Å². The standard InChI is InChI=1S/C13H18FNO/c1-15-13(10-16)5-3-2-4-11-6-8-12(14)9-7-11/h6-10,13,15H,2-5H2,1H3. The van der Waals surface area contributed by atoms with Gasteiger partial charge in [0.1, 0.15) is 12.1 Å². The van der Waals surface area contributed by atoms with Crippen molar-refractivity contribution in [2.24, 2.45) is 0 Å². The zero-order valence-electron chi connectivity index (χ0n) is 9.58. The molecule has 1 N–H and O–H groups in total. The van der Waals surface area contributed by atoms with Crippen LogP contribution in [0.3, 0.4) is 0 Å². The monoisotopic (exact) mass is 223 g/mol. The number of aryl methyl sites for hydroxylation is 1. The number of rotatable bonds is 7. The minimum Gasteiger partial charge on any atom is -0.311 e. The van der Waals surface area contributed by atoms with Crippen molar-refractivity contribution in [3.8, 4) is 0 Å². The van der Waals surface area contributed by atoms with Gasteiger partial charge < -0.3 is 10.1 Å². The van der Waals surface area contributed by atoms with Gasteiger partial charge in [0, 0.05) is 0 Å². The van der Waals surface area contributed by atoms with Gasteiger partial charge in [-0.05, 0) is 44.0 Å². The third-order valence-corrected chi connectivity index (χ3v) is 2.68. The summed E-state index contributed by atoms with van der Waals surface area (Å²) in [5, 5.41) is 2.94. The normalized spacial score (nSPS) is 12.4. The third-order valence-electron chi connectivity index (χ3n) is 2.68. The van der Waals surface area contributed by atoms with E-state index in [0.29, 0.717) is 0 Å². The van der Waals surface area contributed by atoms with E-state index in [2.05, 4.69) is 5.32 Å². The molecule has 0 bridgehead atoms. The summed E-state index contributed by atoms with van der Waals surface area (Å²) in [5.41, 5.74) is 1.15. The van der Waals surface area contributed by atoms with E-state index in [0.717, 1.165) is 37.5 Å². The molecular formula is C13H18FNO. The molecule has 0 fully saturated rings. The molecule has 0 saturated heterocycles. The Morgan fingerprint density at radius 3 is 2.56 bits per heavy atom. The quantitative estimate of drug-likeness (QED) is 0.568. The van der Waals surface area contributed by atoms with Crippen molar-refractivity contribution in [1.29, 1.82) is 0 Å². The molecule has 1 aromatic carbocycles. The van der Waals surface area contributed by atoms with Crippen molar-refractivity contribution in [2.75, 3.05) is 7.05 Å². The summed E-state index contributed by atoms with van der Waals surface area (Å²) in [4.78, 5) is 10.5. The molecule has 0 spiro atoms. The lowest BCUT2D eigenvalue weighted by Gasteiger charge is -2.08. The molecule has 0 aromatic heterocycles. The summed E-state index contributed by atoms with van der Waals surface area (Å²) >= 11 is 0. The molecule has 1 rings (SSSR count).